The molecule has 4 aromatic rings. The molecule has 2 saturated heterocycles. The van der Waals surface area contributed by atoms with Gasteiger partial charge in [0.05, 0.1) is 47.7 Å². The maximum absolute atomic E-state index is 12.4. The first-order valence-electron chi connectivity index (χ1n) is 17.2. The van der Waals surface area contributed by atoms with Crippen molar-refractivity contribution in [2.75, 3.05) is 33.9 Å². The molecule has 51 heavy (non-hydrogen) atoms. The minimum Gasteiger partial charge on any atom is -0.496 e. The van der Waals surface area contributed by atoms with E-state index in [4.69, 9.17) is 42.4 Å². The summed E-state index contributed by atoms with van der Waals surface area (Å²) in [6.07, 6.45) is 3.78. The lowest BCUT2D eigenvalue weighted by Crippen LogP contribution is -2.35. The first kappa shape index (κ1) is 36.6. The molecular weight excluding hydrogens is 689 g/mol. The van der Waals surface area contributed by atoms with Crippen LogP contribution < -0.4 is 20.1 Å². The lowest BCUT2D eigenvalue weighted by molar-refractivity contribution is -0.151. The Hall–Kier alpha value is -4.22. The summed E-state index contributed by atoms with van der Waals surface area (Å²) in [7, 11) is 3.24. The van der Waals surface area contributed by atoms with Gasteiger partial charge in [0.1, 0.15) is 5.75 Å². The number of ether oxygens (including phenoxy) is 3. The van der Waals surface area contributed by atoms with E-state index in [1.54, 1.807) is 20.4 Å². The van der Waals surface area contributed by atoms with Crippen LogP contribution in [0.5, 0.6) is 11.6 Å². The van der Waals surface area contributed by atoms with E-state index in [1.165, 1.54) is 0 Å². The lowest BCUT2D eigenvalue weighted by Gasteiger charge is -2.19. The van der Waals surface area contributed by atoms with Crippen LogP contribution >= 0.6 is 23.2 Å². The summed E-state index contributed by atoms with van der Waals surface area (Å²) in [5.41, 5.74) is 6.20. The third-order valence-corrected chi connectivity index (χ3v) is 10.1. The Balaban J connectivity index is 1.20. The number of halogens is 2. The highest BCUT2D eigenvalue weighted by Crippen LogP contribution is 2.42. The molecule has 0 spiro atoms. The van der Waals surface area contributed by atoms with Gasteiger partial charge in [0.25, 0.3) is 0 Å². The van der Waals surface area contributed by atoms with Gasteiger partial charge >= 0.3 is 5.97 Å². The van der Waals surface area contributed by atoms with Crippen LogP contribution in [0.3, 0.4) is 0 Å². The summed E-state index contributed by atoms with van der Waals surface area (Å²) in [6, 6.07) is 17.6. The summed E-state index contributed by atoms with van der Waals surface area (Å²) in [5.74, 6) is 1.06. The number of nitrogens with one attached hydrogen (secondary N) is 2. The van der Waals surface area contributed by atoms with E-state index in [0.717, 1.165) is 52.8 Å². The van der Waals surface area contributed by atoms with E-state index in [-0.39, 0.29) is 29.9 Å². The number of amides is 1. The maximum atomic E-state index is 12.4. The Labute approximate surface area is 308 Å². The Morgan fingerprint density at radius 3 is 2.53 bits per heavy atom. The van der Waals surface area contributed by atoms with Crippen LogP contribution in [-0.4, -0.2) is 72.7 Å². The van der Waals surface area contributed by atoms with Gasteiger partial charge in [0.15, 0.2) is 0 Å². The fourth-order valence-corrected chi connectivity index (χ4v) is 7.34. The molecule has 0 aliphatic carbocycles. The molecule has 2 aliphatic rings. The standard InChI is InChI=1S/C39H43Cl2N5O5/c1-23(2)51-39(48)27-15-17-46(22-27)21-26-9-8-24(18-33(26)49-3)37-36(41)30(14-16-43-37)29-6-5-7-31(35(29)40)32-12-10-25(38(45-32)50-4)19-42-20-28-11-13-34(47)44-28/h5-10,12,14,16,18,23,27-28,42H,11,13,15,17,19-22H2,1-4H3,(H,44,47)/t27-,28-/m0/s1. The van der Waals surface area contributed by atoms with Crippen molar-refractivity contribution in [2.24, 2.45) is 5.92 Å². The number of hydrogen-bond acceptors (Lipinski definition) is 9. The highest BCUT2D eigenvalue weighted by atomic mass is 35.5. The summed E-state index contributed by atoms with van der Waals surface area (Å²) >= 11 is 14.2. The van der Waals surface area contributed by atoms with Crippen LogP contribution in [0, 0.1) is 5.92 Å². The molecule has 2 aromatic carbocycles. The van der Waals surface area contributed by atoms with E-state index in [0.29, 0.717) is 65.7 Å². The molecule has 0 radical (unpaired) electrons. The van der Waals surface area contributed by atoms with Crippen molar-refractivity contribution in [1.82, 2.24) is 25.5 Å². The molecule has 0 saturated carbocycles. The molecule has 1 amide bonds. The average molecular weight is 733 g/mol. The van der Waals surface area contributed by atoms with E-state index >= 15 is 0 Å². The molecule has 0 unspecified atom stereocenters. The molecular formula is C39H43Cl2N5O5. The van der Waals surface area contributed by atoms with Crippen LogP contribution in [0.2, 0.25) is 10.0 Å². The van der Waals surface area contributed by atoms with Crippen LogP contribution in [0.15, 0.2) is 60.8 Å². The number of esters is 1. The predicted octanol–water partition coefficient (Wildman–Crippen LogP) is 6.94. The van der Waals surface area contributed by atoms with Gasteiger partial charge in [0, 0.05) is 78.2 Å². The second-order valence-corrected chi connectivity index (χ2v) is 14.0. The average Bonchev–Trinajstić information content (AvgIpc) is 3.77. The third kappa shape index (κ3) is 8.47. The second kappa shape index (κ2) is 16.4. The van der Waals surface area contributed by atoms with E-state index < -0.39 is 0 Å². The largest absolute Gasteiger partial charge is 0.496 e. The van der Waals surface area contributed by atoms with E-state index in [1.807, 2.05) is 68.4 Å². The number of methoxy groups -OCH3 is 2. The molecule has 0 bridgehead atoms. The monoisotopic (exact) mass is 731 g/mol. The molecule has 10 nitrogen and oxygen atoms in total. The number of carbonyl (C=O) groups excluding carboxylic acids is 2. The van der Waals surface area contributed by atoms with Crippen molar-refractivity contribution in [3.8, 4) is 45.3 Å². The first-order valence-corrected chi connectivity index (χ1v) is 18.0. The van der Waals surface area contributed by atoms with Crippen molar-refractivity contribution >= 4 is 35.1 Å². The van der Waals surface area contributed by atoms with Crippen LogP contribution in [0.1, 0.15) is 44.2 Å². The number of aromatic nitrogens is 2. The molecule has 2 aromatic heterocycles. The van der Waals surface area contributed by atoms with Gasteiger partial charge < -0.3 is 24.8 Å². The van der Waals surface area contributed by atoms with Crippen LogP contribution in [0.25, 0.3) is 33.6 Å². The molecule has 2 aliphatic heterocycles. The number of pyridine rings is 2. The third-order valence-electron chi connectivity index (χ3n) is 9.29. The van der Waals surface area contributed by atoms with Crippen molar-refractivity contribution in [1.29, 1.82) is 0 Å². The maximum Gasteiger partial charge on any atom is 0.310 e. The fraction of sp³-hybridized carbons (Fsp3) is 0.385. The van der Waals surface area contributed by atoms with E-state index in [2.05, 4.69) is 20.5 Å². The van der Waals surface area contributed by atoms with Gasteiger partial charge in [0.2, 0.25) is 11.8 Å². The fourth-order valence-electron chi connectivity index (χ4n) is 6.69. The summed E-state index contributed by atoms with van der Waals surface area (Å²) < 4.78 is 16.9. The summed E-state index contributed by atoms with van der Waals surface area (Å²) in [4.78, 5) is 35.7. The van der Waals surface area contributed by atoms with Gasteiger partial charge in [-0.1, -0.05) is 59.6 Å². The molecule has 12 heteroatoms. The number of likely N-dealkylation sites (tertiary alicyclic amines) is 1. The molecule has 2 fully saturated rings. The Bertz CT molecular complexity index is 1900. The molecule has 2 N–H and O–H groups in total. The van der Waals surface area contributed by atoms with Gasteiger partial charge in [-0.2, -0.15) is 0 Å². The lowest BCUT2D eigenvalue weighted by atomic mass is 9.99. The van der Waals surface area contributed by atoms with Crippen LogP contribution in [0.4, 0.5) is 0 Å². The topological polar surface area (TPSA) is 115 Å². The molecule has 4 heterocycles. The Morgan fingerprint density at radius 1 is 1.00 bits per heavy atom. The molecule has 6 rings (SSSR count). The minimum atomic E-state index is -0.133. The normalized spacial score (nSPS) is 17.5. The van der Waals surface area contributed by atoms with Crippen LogP contribution in [-0.2, 0) is 27.4 Å². The molecule has 268 valence electrons. The van der Waals surface area contributed by atoms with Crippen molar-refractivity contribution < 1.29 is 23.8 Å². The highest BCUT2D eigenvalue weighted by molar-refractivity contribution is 6.39. The molecule has 2 atom stereocenters. The number of rotatable bonds is 13. The first-order chi connectivity index (χ1) is 24.6. The highest BCUT2D eigenvalue weighted by Gasteiger charge is 2.30. The Kier molecular flexibility index (Phi) is 11.8. The number of hydrogen-bond donors (Lipinski definition) is 2. The second-order valence-electron chi connectivity index (χ2n) is 13.2. The quantitative estimate of drug-likeness (QED) is 0.141. The van der Waals surface area contributed by atoms with Gasteiger partial charge in [-0.25, -0.2) is 4.98 Å². The SMILES string of the molecule is COc1cc(-c2nccc(-c3cccc(-c4ccc(CNC[C@@H]5CCC(=O)N5)c(OC)n4)c3Cl)c2Cl)ccc1CN1CC[C@H](C(=O)OC(C)C)C1. The number of benzene rings is 2. The van der Waals surface area contributed by atoms with Crippen molar-refractivity contribution in [3.63, 3.8) is 0 Å². The van der Waals surface area contributed by atoms with E-state index in [9.17, 15) is 9.59 Å². The smallest absolute Gasteiger partial charge is 0.310 e. The predicted molar refractivity (Wildman–Crippen MR) is 199 cm³/mol. The minimum absolute atomic E-state index is 0.0967. The zero-order valence-electron chi connectivity index (χ0n) is 29.3. The summed E-state index contributed by atoms with van der Waals surface area (Å²) in [6.45, 7) is 7.07. The number of nitrogens with zero attached hydrogens (tertiary/aromatic N) is 3. The van der Waals surface area contributed by atoms with Crippen molar-refractivity contribution in [3.05, 3.63) is 82.0 Å². The number of carbonyl (C=O) groups is 2. The van der Waals surface area contributed by atoms with Gasteiger partial charge in [-0.15, -0.1) is 0 Å². The Morgan fingerprint density at radius 2 is 1.78 bits per heavy atom. The zero-order chi connectivity index (χ0) is 36.1. The van der Waals surface area contributed by atoms with Gasteiger partial charge in [-0.3, -0.25) is 19.5 Å². The van der Waals surface area contributed by atoms with Gasteiger partial charge in [-0.05, 0) is 51.4 Å². The zero-order valence-corrected chi connectivity index (χ0v) is 30.8. The van der Waals surface area contributed by atoms with Crippen molar-refractivity contribution in [2.45, 2.75) is 58.3 Å². The summed E-state index contributed by atoms with van der Waals surface area (Å²) in [5, 5.41) is 7.33.